The minimum absolute atomic E-state index is 0.00468. The number of nitro benzene ring substituents is 1. The number of carbonyl (C=O) groups is 3. The van der Waals surface area contributed by atoms with E-state index in [1.165, 1.54) is 37.5 Å². The Morgan fingerprint density at radius 2 is 1.93 bits per heavy atom. The van der Waals surface area contributed by atoms with Crippen molar-refractivity contribution in [2.45, 2.75) is 20.1 Å². The zero-order valence-corrected chi connectivity index (χ0v) is 24.2. The van der Waals surface area contributed by atoms with Gasteiger partial charge in [-0.15, -0.1) is 0 Å². The number of nitrogens with one attached hydrogen (secondary N) is 1. The van der Waals surface area contributed by atoms with Gasteiger partial charge in [-0.1, -0.05) is 12.1 Å². The van der Waals surface area contributed by atoms with Gasteiger partial charge in [-0.25, -0.2) is 9.59 Å². The van der Waals surface area contributed by atoms with Crippen molar-refractivity contribution in [3.05, 3.63) is 89.9 Å². The number of carbonyl (C=O) groups excluding carboxylic acids is 3. The van der Waals surface area contributed by atoms with Crippen LogP contribution in [0, 0.1) is 10.1 Å². The monoisotopic (exact) mass is 677 g/mol. The van der Waals surface area contributed by atoms with Gasteiger partial charge < -0.3 is 23.9 Å². The highest BCUT2D eigenvalue weighted by Gasteiger charge is 2.35. The molecule has 40 heavy (non-hydrogen) atoms. The van der Waals surface area contributed by atoms with Crippen LogP contribution in [0.5, 0.6) is 11.5 Å². The molecule has 0 atom stereocenters. The third kappa shape index (κ3) is 6.18. The van der Waals surface area contributed by atoms with Crippen LogP contribution in [-0.2, 0) is 22.7 Å². The lowest BCUT2D eigenvalue weighted by Crippen LogP contribution is -2.30. The molecule has 3 aromatic rings. The van der Waals surface area contributed by atoms with Crippen molar-refractivity contribution in [3.8, 4) is 11.5 Å². The number of nitro groups is 1. The first-order valence-corrected chi connectivity index (χ1v) is 13.2. The summed E-state index contributed by atoms with van der Waals surface area (Å²) < 4.78 is 22.7. The lowest BCUT2D eigenvalue weighted by molar-refractivity contribution is -0.384. The third-order valence-corrected chi connectivity index (χ3v) is 7.73. The summed E-state index contributed by atoms with van der Waals surface area (Å²) in [4.78, 5) is 48.8. The van der Waals surface area contributed by atoms with Gasteiger partial charge in [0, 0.05) is 16.6 Å². The molecular formula is C26H21Br2N3O9. The molecule has 12 nitrogen and oxygen atoms in total. The van der Waals surface area contributed by atoms with Crippen LogP contribution in [0.1, 0.15) is 34.4 Å². The maximum Gasteiger partial charge on any atom is 0.373 e. The highest BCUT2D eigenvalue weighted by Crippen LogP contribution is 2.44. The molecule has 0 spiro atoms. The molecule has 3 amide bonds. The Labute approximate surface area is 244 Å². The highest BCUT2D eigenvalue weighted by molar-refractivity contribution is 9.13. The summed E-state index contributed by atoms with van der Waals surface area (Å²) >= 11 is 6.99. The molecule has 0 saturated carbocycles. The zero-order chi connectivity index (χ0) is 29.0. The van der Waals surface area contributed by atoms with E-state index in [0.29, 0.717) is 38.2 Å². The number of urea groups is 1. The molecule has 208 valence electrons. The van der Waals surface area contributed by atoms with Crippen LogP contribution in [0.3, 0.4) is 0 Å². The predicted molar refractivity (Wildman–Crippen MR) is 148 cm³/mol. The minimum atomic E-state index is -0.679. The second-order valence-electron chi connectivity index (χ2n) is 8.21. The number of non-ortho nitro benzene ring substituents is 1. The molecule has 1 saturated heterocycles. The molecule has 1 fully saturated rings. The molecule has 1 aliphatic rings. The highest BCUT2D eigenvalue weighted by atomic mass is 79.9. The van der Waals surface area contributed by atoms with E-state index in [1.807, 2.05) is 0 Å². The van der Waals surface area contributed by atoms with E-state index < -0.39 is 22.8 Å². The number of amides is 3. The quantitative estimate of drug-likeness (QED) is 0.0954. The number of imide groups is 1. The van der Waals surface area contributed by atoms with Gasteiger partial charge in [-0.3, -0.25) is 19.8 Å². The summed E-state index contributed by atoms with van der Waals surface area (Å²) in [6.07, 6.45) is 1.48. The average molecular weight is 679 g/mol. The predicted octanol–water partition coefficient (Wildman–Crippen LogP) is 5.57. The Bertz CT molecular complexity index is 1530. The number of furan rings is 1. The lowest BCUT2D eigenvalue weighted by atomic mass is 10.1. The molecule has 1 aliphatic heterocycles. The minimum Gasteiger partial charge on any atom is -0.490 e. The summed E-state index contributed by atoms with van der Waals surface area (Å²) in [5, 5.41) is 13.6. The van der Waals surface area contributed by atoms with Gasteiger partial charge in [0.25, 0.3) is 11.6 Å². The molecule has 0 radical (unpaired) electrons. The standard InChI is InChI=1S/C26H21Br2N3O9/c1-3-38-20-11-15(21(27)22(28)23(20)39-13-14-5-4-6-16(9-14)31(35)36)10-18-24(32)30(26(34)29-18)12-17-7-8-19(40-17)25(33)37-2/h4-11H,3,12-13H2,1-2H3,(H,29,34)/b18-10-. The van der Waals surface area contributed by atoms with Gasteiger partial charge in [0.1, 0.15) is 18.1 Å². The van der Waals surface area contributed by atoms with Gasteiger partial charge in [0.15, 0.2) is 11.5 Å². The SMILES string of the molecule is CCOc1cc(/C=C2\NC(=O)N(Cc3ccc(C(=O)OC)o3)C2=O)c(Br)c(Br)c1OCc1cccc([N+](=O)[O-])c1. The summed E-state index contributed by atoms with van der Waals surface area (Å²) in [5.41, 5.74) is 1.03. The number of hydrogen-bond acceptors (Lipinski definition) is 9. The van der Waals surface area contributed by atoms with Gasteiger partial charge in [0.05, 0.1) is 29.7 Å². The normalized spacial score (nSPS) is 13.9. The van der Waals surface area contributed by atoms with Crippen LogP contribution >= 0.6 is 31.9 Å². The number of methoxy groups -OCH3 is 1. The molecule has 1 N–H and O–H groups in total. The summed E-state index contributed by atoms with van der Waals surface area (Å²) in [5.74, 6) is -0.433. The van der Waals surface area contributed by atoms with Gasteiger partial charge in [-0.2, -0.15) is 0 Å². The number of benzene rings is 2. The van der Waals surface area contributed by atoms with E-state index in [0.717, 1.165) is 4.90 Å². The summed E-state index contributed by atoms with van der Waals surface area (Å²) in [6, 6.07) is 9.92. The van der Waals surface area contributed by atoms with E-state index in [9.17, 15) is 24.5 Å². The van der Waals surface area contributed by atoms with E-state index in [4.69, 9.17) is 13.9 Å². The average Bonchev–Trinajstić information content (AvgIpc) is 3.51. The second-order valence-corrected chi connectivity index (χ2v) is 9.79. The summed E-state index contributed by atoms with van der Waals surface area (Å²) in [6.45, 7) is 1.92. The van der Waals surface area contributed by atoms with Crippen LogP contribution < -0.4 is 14.8 Å². The molecule has 0 aliphatic carbocycles. The van der Waals surface area contributed by atoms with Crippen LogP contribution in [0.15, 0.2) is 61.5 Å². The Balaban J connectivity index is 1.57. The first-order chi connectivity index (χ1) is 19.1. The molecule has 1 aromatic heterocycles. The van der Waals surface area contributed by atoms with Gasteiger partial charge in [-0.05, 0) is 74.2 Å². The van der Waals surface area contributed by atoms with Crippen molar-refractivity contribution in [1.29, 1.82) is 0 Å². The molecule has 0 bridgehead atoms. The van der Waals surface area contributed by atoms with Crippen molar-refractivity contribution >= 4 is 61.5 Å². The van der Waals surface area contributed by atoms with E-state index in [1.54, 1.807) is 25.1 Å². The lowest BCUT2D eigenvalue weighted by Gasteiger charge is -2.16. The van der Waals surface area contributed by atoms with Crippen LogP contribution in [0.2, 0.25) is 0 Å². The number of esters is 1. The van der Waals surface area contributed by atoms with Crippen molar-refractivity contribution in [3.63, 3.8) is 0 Å². The van der Waals surface area contributed by atoms with Gasteiger partial charge in [0.2, 0.25) is 5.76 Å². The maximum absolute atomic E-state index is 13.0. The Morgan fingerprint density at radius 1 is 1.15 bits per heavy atom. The first kappa shape index (κ1) is 28.8. The summed E-state index contributed by atoms with van der Waals surface area (Å²) in [7, 11) is 1.21. The smallest absolute Gasteiger partial charge is 0.373 e. The molecule has 2 heterocycles. The number of rotatable bonds is 10. The van der Waals surface area contributed by atoms with Crippen molar-refractivity contribution in [2.75, 3.05) is 13.7 Å². The first-order valence-electron chi connectivity index (χ1n) is 11.6. The zero-order valence-electron chi connectivity index (χ0n) is 21.1. The Hall–Kier alpha value is -4.17. The van der Waals surface area contributed by atoms with E-state index >= 15 is 0 Å². The van der Waals surface area contributed by atoms with Crippen LogP contribution in [0.4, 0.5) is 10.5 Å². The molecule has 14 heteroatoms. The fourth-order valence-corrected chi connectivity index (χ4v) is 4.67. The second kappa shape index (κ2) is 12.3. The van der Waals surface area contributed by atoms with Crippen molar-refractivity contribution < 1.29 is 37.9 Å². The van der Waals surface area contributed by atoms with Crippen LogP contribution in [-0.4, -0.2) is 41.4 Å². The molecule has 0 unspecified atom stereocenters. The van der Waals surface area contributed by atoms with E-state index in [2.05, 4.69) is 41.9 Å². The molecular weight excluding hydrogens is 658 g/mol. The molecule has 2 aromatic carbocycles. The molecule has 4 rings (SSSR count). The van der Waals surface area contributed by atoms with Crippen LogP contribution in [0.25, 0.3) is 6.08 Å². The Kier molecular flexibility index (Phi) is 8.90. The number of ether oxygens (including phenoxy) is 3. The van der Waals surface area contributed by atoms with E-state index in [-0.39, 0.29) is 36.1 Å². The fourth-order valence-electron chi connectivity index (χ4n) is 3.72. The van der Waals surface area contributed by atoms with Crippen molar-refractivity contribution in [1.82, 2.24) is 10.2 Å². The Morgan fingerprint density at radius 3 is 2.62 bits per heavy atom. The maximum atomic E-state index is 13.0. The number of nitrogens with zero attached hydrogens (tertiary/aromatic N) is 2. The van der Waals surface area contributed by atoms with Gasteiger partial charge >= 0.3 is 12.0 Å². The topological polar surface area (TPSA) is 150 Å². The number of hydrogen-bond donors (Lipinski definition) is 1. The third-order valence-electron chi connectivity index (χ3n) is 5.58. The largest absolute Gasteiger partial charge is 0.490 e. The fraction of sp³-hybridized carbons (Fsp3) is 0.192. The number of halogens is 2. The van der Waals surface area contributed by atoms with Crippen molar-refractivity contribution in [2.24, 2.45) is 0 Å².